The monoisotopic (exact) mass is 280 g/mol. The Morgan fingerprint density at radius 3 is 2.60 bits per heavy atom. The predicted molar refractivity (Wildman–Crippen MR) is 75.3 cm³/mol. The van der Waals surface area contributed by atoms with Crippen LogP contribution in [0.5, 0.6) is 0 Å². The van der Waals surface area contributed by atoms with Gasteiger partial charge in [-0.3, -0.25) is 4.79 Å². The van der Waals surface area contributed by atoms with Crippen molar-refractivity contribution in [2.24, 2.45) is 11.7 Å². The highest BCUT2D eigenvalue weighted by Crippen LogP contribution is 2.31. The molecule has 0 aromatic carbocycles. The van der Waals surface area contributed by atoms with Gasteiger partial charge in [0.2, 0.25) is 5.91 Å². The number of nitrogens with two attached hydrogens (primary N) is 1. The zero-order valence-corrected chi connectivity index (χ0v) is 12.5. The Kier molecular flexibility index (Phi) is 4.75. The molecule has 0 bridgehead atoms. The minimum absolute atomic E-state index is 0.164. The molecule has 20 heavy (non-hydrogen) atoms. The molecule has 1 unspecified atom stereocenters. The van der Waals surface area contributed by atoms with Crippen LogP contribution in [0.2, 0.25) is 0 Å². The number of aromatic nitrogens is 3. The van der Waals surface area contributed by atoms with Crippen LogP contribution in [0, 0.1) is 5.92 Å². The minimum Gasteiger partial charge on any atom is -0.381 e. The summed E-state index contributed by atoms with van der Waals surface area (Å²) in [6, 6.07) is 0.252. The highest BCUT2D eigenvalue weighted by atomic mass is 16.5. The molecule has 2 rings (SSSR count). The van der Waals surface area contributed by atoms with Crippen LogP contribution < -0.4 is 5.73 Å². The third kappa shape index (κ3) is 3.17. The van der Waals surface area contributed by atoms with Crippen LogP contribution in [0.15, 0.2) is 0 Å². The molecule has 0 saturated carbocycles. The number of hydrogen-bond acceptors (Lipinski definition) is 4. The predicted octanol–water partition coefficient (Wildman–Crippen LogP) is 1.42. The summed E-state index contributed by atoms with van der Waals surface area (Å²) in [5.41, 5.74) is 7.14. The molecule has 6 nitrogen and oxygen atoms in total. The van der Waals surface area contributed by atoms with Gasteiger partial charge in [0.15, 0.2) is 0 Å². The normalized spacial score (nSPS) is 18.4. The number of carbonyl (C=O) groups is 1. The van der Waals surface area contributed by atoms with Gasteiger partial charge in [0.25, 0.3) is 0 Å². The molecule has 0 spiro atoms. The second-order valence-electron chi connectivity index (χ2n) is 5.88. The highest BCUT2D eigenvalue weighted by molar-refractivity contribution is 5.76. The molecule has 1 saturated heterocycles. The van der Waals surface area contributed by atoms with E-state index in [9.17, 15) is 4.79 Å². The molecule has 1 aromatic rings. The molecule has 6 heteroatoms. The second-order valence-corrected chi connectivity index (χ2v) is 5.88. The first-order chi connectivity index (χ1) is 9.50. The number of ether oxygens (including phenoxy) is 1. The fraction of sp³-hybridized carbons (Fsp3) is 0.786. The lowest BCUT2D eigenvalue weighted by Crippen LogP contribution is -2.23. The lowest BCUT2D eigenvalue weighted by Gasteiger charge is -2.26. The highest BCUT2D eigenvalue weighted by Gasteiger charge is 2.28. The van der Waals surface area contributed by atoms with Crippen LogP contribution in [-0.2, 0) is 16.0 Å². The van der Waals surface area contributed by atoms with E-state index in [4.69, 9.17) is 10.5 Å². The summed E-state index contributed by atoms with van der Waals surface area (Å²) in [5.74, 6) is 0.452. The Morgan fingerprint density at radius 1 is 1.40 bits per heavy atom. The average molecular weight is 280 g/mol. The van der Waals surface area contributed by atoms with Crippen molar-refractivity contribution in [2.45, 2.75) is 52.0 Å². The van der Waals surface area contributed by atoms with Gasteiger partial charge >= 0.3 is 0 Å². The molecule has 0 radical (unpaired) electrons. The SMILES string of the molecule is CC(C)C(C)n1nnc(CC(N)=O)c1C1CCOCC1. The third-order valence-corrected chi connectivity index (χ3v) is 4.10. The van der Waals surface area contributed by atoms with E-state index in [-0.39, 0.29) is 18.4 Å². The first-order valence-electron chi connectivity index (χ1n) is 7.30. The Balaban J connectivity index is 2.36. The molecule has 112 valence electrons. The van der Waals surface area contributed by atoms with Crippen LogP contribution in [0.25, 0.3) is 0 Å². The molecule has 1 fully saturated rings. The Morgan fingerprint density at radius 2 is 2.05 bits per heavy atom. The quantitative estimate of drug-likeness (QED) is 0.884. The van der Waals surface area contributed by atoms with Crippen molar-refractivity contribution in [3.05, 3.63) is 11.4 Å². The Labute approximate surface area is 119 Å². The summed E-state index contributed by atoms with van der Waals surface area (Å²) in [6.07, 6.45) is 2.06. The van der Waals surface area contributed by atoms with Crippen molar-refractivity contribution in [3.63, 3.8) is 0 Å². The number of rotatable bonds is 5. The summed E-state index contributed by atoms with van der Waals surface area (Å²) in [5, 5.41) is 8.49. The molecular weight excluding hydrogens is 256 g/mol. The zero-order chi connectivity index (χ0) is 14.7. The van der Waals surface area contributed by atoms with Gasteiger partial charge in [-0.15, -0.1) is 5.10 Å². The number of amides is 1. The molecule has 1 amide bonds. The van der Waals surface area contributed by atoms with Gasteiger partial charge in [-0.05, 0) is 25.7 Å². The van der Waals surface area contributed by atoms with Crippen LogP contribution in [-0.4, -0.2) is 34.1 Å². The van der Waals surface area contributed by atoms with Crippen molar-refractivity contribution in [1.82, 2.24) is 15.0 Å². The standard InChI is InChI=1S/C14H24N4O2/c1-9(2)10(3)18-14(11-4-6-20-7-5-11)12(16-17-18)8-13(15)19/h9-11H,4-8H2,1-3H3,(H2,15,19). The van der Waals surface area contributed by atoms with Crippen LogP contribution in [0.3, 0.4) is 0 Å². The molecular formula is C14H24N4O2. The van der Waals surface area contributed by atoms with E-state index in [1.807, 2.05) is 4.68 Å². The van der Waals surface area contributed by atoms with E-state index in [1.165, 1.54) is 0 Å². The van der Waals surface area contributed by atoms with E-state index in [2.05, 4.69) is 31.1 Å². The molecule has 1 aromatic heterocycles. The first kappa shape index (κ1) is 15.0. The van der Waals surface area contributed by atoms with Gasteiger partial charge in [-0.25, -0.2) is 4.68 Å². The maximum atomic E-state index is 11.2. The molecule has 2 heterocycles. The summed E-state index contributed by atoms with van der Waals surface area (Å²) in [6.45, 7) is 7.96. The lowest BCUT2D eigenvalue weighted by atomic mass is 9.93. The third-order valence-electron chi connectivity index (χ3n) is 4.10. The summed E-state index contributed by atoms with van der Waals surface area (Å²) in [4.78, 5) is 11.2. The molecule has 0 aliphatic carbocycles. The van der Waals surface area contributed by atoms with Gasteiger partial charge in [0.05, 0.1) is 23.9 Å². The van der Waals surface area contributed by atoms with Crippen LogP contribution in [0.1, 0.15) is 57.0 Å². The smallest absolute Gasteiger partial charge is 0.223 e. The van der Waals surface area contributed by atoms with Gasteiger partial charge < -0.3 is 10.5 Å². The van der Waals surface area contributed by atoms with Gasteiger partial charge in [0.1, 0.15) is 0 Å². The molecule has 2 N–H and O–H groups in total. The second kappa shape index (κ2) is 6.35. The number of hydrogen-bond donors (Lipinski definition) is 1. The van der Waals surface area contributed by atoms with E-state index < -0.39 is 0 Å². The van der Waals surface area contributed by atoms with Gasteiger partial charge in [0, 0.05) is 19.1 Å². The first-order valence-corrected chi connectivity index (χ1v) is 7.30. The zero-order valence-electron chi connectivity index (χ0n) is 12.5. The topological polar surface area (TPSA) is 83.0 Å². The maximum Gasteiger partial charge on any atom is 0.223 e. The fourth-order valence-electron chi connectivity index (χ4n) is 2.60. The molecule has 1 aliphatic rings. The molecule has 1 aliphatic heterocycles. The maximum absolute atomic E-state index is 11.2. The Bertz CT molecular complexity index is 464. The summed E-state index contributed by atoms with van der Waals surface area (Å²) in [7, 11) is 0. The average Bonchev–Trinajstić information content (AvgIpc) is 2.81. The van der Waals surface area contributed by atoms with Gasteiger partial charge in [-0.1, -0.05) is 19.1 Å². The Hall–Kier alpha value is -1.43. The van der Waals surface area contributed by atoms with Crippen molar-refractivity contribution in [3.8, 4) is 0 Å². The van der Waals surface area contributed by atoms with E-state index >= 15 is 0 Å². The van der Waals surface area contributed by atoms with Crippen molar-refractivity contribution < 1.29 is 9.53 Å². The van der Waals surface area contributed by atoms with Crippen LogP contribution >= 0.6 is 0 Å². The van der Waals surface area contributed by atoms with Crippen molar-refractivity contribution >= 4 is 5.91 Å². The largest absolute Gasteiger partial charge is 0.381 e. The number of nitrogens with zero attached hydrogens (tertiary/aromatic N) is 3. The number of carbonyl (C=O) groups excluding carboxylic acids is 1. The summed E-state index contributed by atoms with van der Waals surface area (Å²) < 4.78 is 7.41. The fourth-order valence-corrected chi connectivity index (χ4v) is 2.60. The minimum atomic E-state index is -0.359. The molecule has 1 atom stereocenters. The van der Waals surface area contributed by atoms with Gasteiger partial charge in [-0.2, -0.15) is 0 Å². The van der Waals surface area contributed by atoms with E-state index in [1.54, 1.807) is 0 Å². The number of primary amides is 1. The van der Waals surface area contributed by atoms with E-state index in [0.717, 1.165) is 37.4 Å². The van der Waals surface area contributed by atoms with Crippen molar-refractivity contribution in [1.29, 1.82) is 0 Å². The summed E-state index contributed by atoms with van der Waals surface area (Å²) >= 11 is 0. The van der Waals surface area contributed by atoms with Crippen molar-refractivity contribution in [2.75, 3.05) is 13.2 Å². The lowest BCUT2D eigenvalue weighted by molar-refractivity contribution is -0.117. The van der Waals surface area contributed by atoms with E-state index in [0.29, 0.717) is 11.8 Å². The van der Waals surface area contributed by atoms with Crippen LogP contribution in [0.4, 0.5) is 0 Å².